The highest BCUT2D eigenvalue weighted by atomic mass is 35.5. The largest absolute Gasteiger partial charge is 1.00 e. The molecule has 0 aliphatic carbocycles. The van der Waals surface area contributed by atoms with E-state index in [1.54, 1.807) is 54.7 Å². The molecule has 2 amide bonds. The first-order chi connectivity index (χ1) is 14.4. The summed E-state index contributed by atoms with van der Waals surface area (Å²) >= 11 is 0. The molecule has 3 N–H and O–H groups in total. The Morgan fingerprint density at radius 3 is 2.19 bits per heavy atom. The van der Waals surface area contributed by atoms with Crippen LogP contribution in [0.1, 0.15) is 15.9 Å². The van der Waals surface area contributed by atoms with Gasteiger partial charge in [0.1, 0.15) is 5.56 Å². The Kier molecular flexibility index (Phi) is 8.68. The lowest BCUT2D eigenvalue weighted by Crippen LogP contribution is -3.00. The van der Waals surface area contributed by atoms with Crippen molar-refractivity contribution in [3.63, 3.8) is 0 Å². The number of carbonyl (C=O) groups is 2. The highest BCUT2D eigenvalue weighted by Crippen LogP contribution is 2.05. The van der Waals surface area contributed by atoms with Gasteiger partial charge in [0.2, 0.25) is 16.6 Å². The monoisotopic (exact) mass is 460 g/mol. The number of hydrogen-bond donors (Lipinski definition) is 3. The molecule has 0 spiro atoms. The van der Waals surface area contributed by atoms with E-state index in [2.05, 4.69) is 15.6 Å². The van der Waals surface area contributed by atoms with Gasteiger partial charge in [0.15, 0.2) is 12.4 Å². The van der Waals surface area contributed by atoms with Crippen LogP contribution in [0.2, 0.25) is 0 Å². The summed E-state index contributed by atoms with van der Waals surface area (Å²) in [6.07, 6.45) is 3.10. The van der Waals surface area contributed by atoms with E-state index in [4.69, 9.17) is 0 Å². The van der Waals surface area contributed by atoms with Gasteiger partial charge in [-0.1, -0.05) is 48.5 Å². The van der Waals surface area contributed by atoms with E-state index in [1.165, 1.54) is 16.8 Å². The molecule has 0 saturated heterocycles. The van der Waals surface area contributed by atoms with E-state index in [0.29, 0.717) is 11.3 Å². The summed E-state index contributed by atoms with van der Waals surface area (Å²) in [4.78, 5) is 26.6. The third kappa shape index (κ3) is 7.82. The van der Waals surface area contributed by atoms with E-state index in [-0.39, 0.29) is 36.2 Å². The molecule has 0 fully saturated rings. The quantitative estimate of drug-likeness (QED) is 0.277. The Labute approximate surface area is 186 Å². The highest BCUT2D eigenvalue weighted by molar-refractivity contribution is 7.88. The molecular formula is C21H21ClN4O4S. The van der Waals surface area contributed by atoms with Crippen molar-refractivity contribution in [2.24, 2.45) is 0 Å². The molecule has 1 heterocycles. The van der Waals surface area contributed by atoms with Gasteiger partial charge in [-0.15, -0.1) is 4.83 Å². The molecule has 3 rings (SSSR count). The van der Waals surface area contributed by atoms with Crippen LogP contribution in [0.3, 0.4) is 0 Å². The van der Waals surface area contributed by atoms with Crippen molar-refractivity contribution in [1.29, 1.82) is 0 Å². The van der Waals surface area contributed by atoms with Crippen molar-refractivity contribution in [3.05, 3.63) is 96.3 Å². The molecule has 8 nitrogen and oxygen atoms in total. The lowest BCUT2D eigenvalue weighted by molar-refractivity contribution is -0.684. The lowest BCUT2D eigenvalue weighted by Gasteiger charge is -2.08. The Balaban J connectivity index is 0.00000341. The minimum atomic E-state index is -3.75. The second-order valence-electron chi connectivity index (χ2n) is 6.48. The maximum absolute atomic E-state index is 12.3. The third-order valence-electron chi connectivity index (χ3n) is 4.02. The van der Waals surface area contributed by atoms with Crippen LogP contribution in [0.25, 0.3) is 0 Å². The van der Waals surface area contributed by atoms with Gasteiger partial charge in [-0.05, 0) is 23.8 Å². The molecule has 162 valence electrons. The van der Waals surface area contributed by atoms with Crippen molar-refractivity contribution >= 4 is 27.5 Å². The number of hydrogen-bond acceptors (Lipinski definition) is 4. The summed E-state index contributed by atoms with van der Waals surface area (Å²) in [6, 6.07) is 20.8. The molecule has 1 aromatic heterocycles. The second kappa shape index (κ2) is 11.2. The van der Waals surface area contributed by atoms with Gasteiger partial charge in [0.25, 0.3) is 11.8 Å². The average Bonchev–Trinajstić information content (AvgIpc) is 2.73. The smallest absolute Gasteiger partial charge is 0.290 e. The first-order valence-corrected chi connectivity index (χ1v) is 10.7. The van der Waals surface area contributed by atoms with Crippen LogP contribution in [0.15, 0.2) is 85.2 Å². The second-order valence-corrected chi connectivity index (χ2v) is 8.20. The summed E-state index contributed by atoms with van der Waals surface area (Å²) < 4.78 is 25.8. The van der Waals surface area contributed by atoms with E-state index >= 15 is 0 Å². The number of sulfonamides is 1. The molecule has 0 saturated carbocycles. The highest BCUT2D eigenvalue weighted by Gasteiger charge is 2.17. The van der Waals surface area contributed by atoms with Gasteiger partial charge >= 0.3 is 0 Å². The Morgan fingerprint density at radius 1 is 0.871 bits per heavy atom. The van der Waals surface area contributed by atoms with Gasteiger partial charge in [0, 0.05) is 11.8 Å². The molecule has 3 aromatic rings. The molecule has 2 aromatic carbocycles. The van der Waals surface area contributed by atoms with Gasteiger partial charge < -0.3 is 17.7 Å². The van der Waals surface area contributed by atoms with Crippen molar-refractivity contribution in [3.8, 4) is 0 Å². The number of hydrazine groups is 1. The SMILES string of the molecule is O=C(C[n+]1cccc(C(=O)NNS(=O)(=O)Cc2ccccc2)c1)Nc1ccccc1.[Cl-]. The van der Waals surface area contributed by atoms with Crippen LogP contribution in [-0.4, -0.2) is 20.2 Å². The summed E-state index contributed by atoms with van der Waals surface area (Å²) in [5.41, 5.74) is 3.66. The number of rotatable bonds is 8. The summed E-state index contributed by atoms with van der Waals surface area (Å²) in [5.74, 6) is -1.15. The molecule has 0 bridgehead atoms. The van der Waals surface area contributed by atoms with E-state index in [9.17, 15) is 18.0 Å². The van der Waals surface area contributed by atoms with Crippen LogP contribution >= 0.6 is 0 Å². The molecule has 31 heavy (non-hydrogen) atoms. The fraction of sp³-hybridized carbons (Fsp3) is 0.0952. The minimum Gasteiger partial charge on any atom is -1.00 e. The fourth-order valence-electron chi connectivity index (χ4n) is 2.67. The fourth-order valence-corrected chi connectivity index (χ4v) is 3.62. The molecule has 0 aliphatic rings. The van der Waals surface area contributed by atoms with Gasteiger partial charge in [-0.2, -0.15) is 4.57 Å². The molecular weight excluding hydrogens is 440 g/mol. The number of amides is 2. The van der Waals surface area contributed by atoms with Crippen molar-refractivity contribution in [2.75, 3.05) is 5.32 Å². The number of nitrogens with zero attached hydrogens (tertiary/aromatic N) is 1. The number of pyridine rings is 1. The first-order valence-electron chi connectivity index (χ1n) is 9.09. The molecule has 0 radical (unpaired) electrons. The van der Waals surface area contributed by atoms with Gasteiger partial charge in [-0.25, -0.2) is 8.42 Å². The zero-order chi connectivity index (χ0) is 21.4. The number of anilines is 1. The molecule has 0 aliphatic heterocycles. The number of aromatic nitrogens is 1. The Hall–Kier alpha value is -3.27. The summed E-state index contributed by atoms with van der Waals surface area (Å²) in [7, 11) is -3.75. The minimum absolute atomic E-state index is 0. The Bertz CT molecular complexity index is 1130. The molecule has 0 unspecified atom stereocenters. The van der Waals surface area contributed by atoms with Crippen LogP contribution in [-0.2, 0) is 27.1 Å². The number of benzene rings is 2. The average molecular weight is 461 g/mol. The summed E-state index contributed by atoms with van der Waals surface area (Å²) in [6.45, 7) is -0.00422. The Morgan fingerprint density at radius 2 is 1.52 bits per heavy atom. The standard InChI is InChI=1S/C21H20N4O4S.ClH/c26-20(22-19-11-5-2-6-12-19)15-25-13-7-10-18(14-25)21(27)23-24-30(28,29)16-17-8-3-1-4-9-17;/h1-14,24H,15-16H2,(H-,22,23,26,27);1H. The van der Waals surface area contributed by atoms with E-state index in [1.807, 2.05) is 18.2 Å². The predicted molar refractivity (Wildman–Crippen MR) is 111 cm³/mol. The van der Waals surface area contributed by atoms with Crippen LogP contribution in [0.5, 0.6) is 0 Å². The van der Waals surface area contributed by atoms with Crippen molar-refractivity contribution in [2.45, 2.75) is 12.3 Å². The first kappa shape index (κ1) is 24.0. The zero-order valence-electron chi connectivity index (χ0n) is 16.4. The number of halogens is 1. The van der Waals surface area contributed by atoms with Crippen molar-refractivity contribution in [1.82, 2.24) is 10.3 Å². The molecule has 10 heteroatoms. The van der Waals surface area contributed by atoms with E-state index in [0.717, 1.165) is 0 Å². The van der Waals surface area contributed by atoms with Crippen LogP contribution in [0, 0.1) is 0 Å². The van der Waals surface area contributed by atoms with Crippen molar-refractivity contribution < 1.29 is 35.0 Å². The lowest BCUT2D eigenvalue weighted by atomic mass is 10.2. The zero-order valence-corrected chi connectivity index (χ0v) is 17.9. The van der Waals surface area contributed by atoms with Gasteiger partial charge in [-0.3, -0.25) is 15.0 Å². The number of para-hydroxylation sites is 1. The van der Waals surface area contributed by atoms with Crippen LogP contribution in [0.4, 0.5) is 5.69 Å². The number of nitrogens with one attached hydrogen (secondary N) is 3. The third-order valence-corrected chi connectivity index (χ3v) is 5.15. The maximum Gasteiger partial charge on any atom is 0.290 e. The summed E-state index contributed by atoms with van der Waals surface area (Å²) in [5, 5.41) is 2.76. The van der Waals surface area contributed by atoms with E-state index < -0.39 is 15.9 Å². The van der Waals surface area contributed by atoms with Crippen LogP contribution < -0.4 is 32.5 Å². The maximum atomic E-state index is 12.3. The predicted octanol–water partition coefficient (Wildman–Crippen LogP) is -1.62. The number of carbonyl (C=O) groups excluding carboxylic acids is 2. The topological polar surface area (TPSA) is 108 Å². The van der Waals surface area contributed by atoms with Gasteiger partial charge in [0.05, 0.1) is 5.75 Å². The molecule has 0 atom stereocenters. The normalized spacial score (nSPS) is 10.6.